The summed E-state index contributed by atoms with van der Waals surface area (Å²) in [6.07, 6.45) is 2.02. The zero-order valence-corrected chi connectivity index (χ0v) is 11.7. The summed E-state index contributed by atoms with van der Waals surface area (Å²) < 4.78 is 0. The number of anilines is 1. The van der Waals surface area contributed by atoms with Crippen molar-refractivity contribution in [2.24, 2.45) is 0 Å². The largest absolute Gasteiger partial charge is 0.375 e. The number of rotatable bonds is 5. The van der Waals surface area contributed by atoms with Crippen molar-refractivity contribution in [2.75, 3.05) is 18.9 Å². The van der Waals surface area contributed by atoms with E-state index in [0.29, 0.717) is 11.3 Å². The fraction of sp³-hybridized carbons (Fsp3) is 0.357. The maximum Gasteiger partial charge on any atom is 0.321 e. The number of hydrogen-bond acceptors (Lipinski definition) is 4. The predicted molar refractivity (Wildman–Crippen MR) is 78.0 cm³/mol. The van der Waals surface area contributed by atoms with Crippen LogP contribution in [0.3, 0.4) is 0 Å². The SMILES string of the molecule is CNC(=O)NC(=O)CNc1ccccc1C(=O)NC1CC1. The van der Waals surface area contributed by atoms with E-state index in [1.807, 2.05) is 0 Å². The van der Waals surface area contributed by atoms with Gasteiger partial charge in [0.05, 0.1) is 12.1 Å². The third kappa shape index (κ3) is 4.48. The molecule has 0 aromatic heterocycles. The Morgan fingerprint density at radius 2 is 1.90 bits per heavy atom. The molecule has 1 aromatic carbocycles. The van der Waals surface area contributed by atoms with Crippen molar-refractivity contribution in [2.45, 2.75) is 18.9 Å². The lowest BCUT2D eigenvalue weighted by atomic mass is 10.1. The van der Waals surface area contributed by atoms with Gasteiger partial charge >= 0.3 is 6.03 Å². The number of urea groups is 1. The Balaban J connectivity index is 1.94. The first-order valence-corrected chi connectivity index (χ1v) is 6.75. The average Bonchev–Trinajstić information content (AvgIpc) is 3.29. The second-order valence-electron chi connectivity index (χ2n) is 4.77. The topological polar surface area (TPSA) is 99.3 Å². The lowest BCUT2D eigenvalue weighted by Crippen LogP contribution is -2.40. The minimum Gasteiger partial charge on any atom is -0.375 e. The number of benzene rings is 1. The molecule has 21 heavy (non-hydrogen) atoms. The quantitative estimate of drug-likeness (QED) is 0.632. The van der Waals surface area contributed by atoms with Crippen LogP contribution < -0.4 is 21.3 Å². The Kier molecular flexibility index (Phi) is 4.76. The van der Waals surface area contributed by atoms with E-state index in [0.717, 1.165) is 12.8 Å². The van der Waals surface area contributed by atoms with Crippen LogP contribution in [0.25, 0.3) is 0 Å². The third-order valence-electron chi connectivity index (χ3n) is 3.00. The molecule has 0 unspecified atom stereocenters. The Bertz CT molecular complexity index is 555. The molecule has 0 bridgehead atoms. The first-order chi connectivity index (χ1) is 10.1. The van der Waals surface area contributed by atoms with Crippen LogP contribution in [-0.4, -0.2) is 37.5 Å². The highest BCUT2D eigenvalue weighted by Gasteiger charge is 2.24. The van der Waals surface area contributed by atoms with Crippen LogP contribution in [0, 0.1) is 0 Å². The van der Waals surface area contributed by atoms with E-state index in [1.54, 1.807) is 24.3 Å². The first-order valence-electron chi connectivity index (χ1n) is 6.75. The van der Waals surface area contributed by atoms with Crippen LogP contribution in [0.2, 0.25) is 0 Å². The minimum absolute atomic E-state index is 0.0961. The normalized spacial score (nSPS) is 13.2. The Labute approximate surface area is 122 Å². The number of carbonyl (C=O) groups is 3. The molecule has 1 fully saturated rings. The van der Waals surface area contributed by atoms with Crippen molar-refractivity contribution >= 4 is 23.5 Å². The van der Waals surface area contributed by atoms with E-state index in [9.17, 15) is 14.4 Å². The van der Waals surface area contributed by atoms with E-state index < -0.39 is 11.9 Å². The molecule has 4 amide bonds. The average molecular weight is 290 g/mol. The summed E-state index contributed by atoms with van der Waals surface area (Å²) in [5.41, 5.74) is 1.04. The number of nitrogens with one attached hydrogen (secondary N) is 4. The molecule has 0 spiro atoms. The first kappa shape index (κ1) is 14.8. The highest BCUT2D eigenvalue weighted by molar-refractivity contribution is 6.01. The van der Waals surface area contributed by atoms with Gasteiger partial charge < -0.3 is 16.0 Å². The van der Waals surface area contributed by atoms with Gasteiger partial charge in [-0.1, -0.05) is 12.1 Å². The number of hydrogen-bond donors (Lipinski definition) is 4. The standard InChI is InChI=1S/C14H18N4O3/c1-15-14(21)18-12(19)8-16-11-5-3-2-4-10(11)13(20)17-9-6-7-9/h2-5,9,16H,6-8H2,1H3,(H,17,20)(H2,15,18,19,21). The summed E-state index contributed by atoms with van der Waals surface area (Å²) in [6.45, 7) is -0.0961. The maximum absolute atomic E-state index is 12.1. The molecular formula is C14H18N4O3. The Morgan fingerprint density at radius 3 is 2.57 bits per heavy atom. The van der Waals surface area contributed by atoms with Gasteiger partial charge in [0.2, 0.25) is 5.91 Å². The second-order valence-corrected chi connectivity index (χ2v) is 4.77. The van der Waals surface area contributed by atoms with Crippen LogP contribution in [0.15, 0.2) is 24.3 Å². The molecule has 4 N–H and O–H groups in total. The van der Waals surface area contributed by atoms with E-state index in [4.69, 9.17) is 0 Å². The molecule has 0 aliphatic heterocycles. The number of para-hydroxylation sites is 1. The zero-order chi connectivity index (χ0) is 15.2. The second kappa shape index (κ2) is 6.74. The van der Waals surface area contributed by atoms with Gasteiger partial charge in [-0.15, -0.1) is 0 Å². The van der Waals surface area contributed by atoms with Crippen molar-refractivity contribution < 1.29 is 14.4 Å². The zero-order valence-electron chi connectivity index (χ0n) is 11.7. The Hall–Kier alpha value is -2.57. The number of carbonyl (C=O) groups excluding carboxylic acids is 3. The Morgan fingerprint density at radius 1 is 1.19 bits per heavy atom. The molecule has 1 saturated carbocycles. The maximum atomic E-state index is 12.1. The molecule has 2 rings (SSSR count). The molecule has 0 radical (unpaired) electrons. The number of amides is 4. The molecule has 7 heteroatoms. The summed E-state index contributed by atoms with van der Waals surface area (Å²) in [4.78, 5) is 34.6. The van der Waals surface area contributed by atoms with Crippen LogP contribution in [0.1, 0.15) is 23.2 Å². The molecule has 112 valence electrons. The van der Waals surface area contributed by atoms with Crippen LogP contribution in [0.5, 0.6) is 0 Å². The highest BCUT2D eigenvalue weighted by Crippen LogP contribution is 2.21. The number of imide groups is 1. The summed E-state index contributed by atoms with van der Waals surface area (Å²) in [7, 11) is 1.42. The van der Waals surface area contributed by atoms with Gasteiger partial charge in [-0.3, -0.25) is 14.9 Å². The molecule has 0 saturated heterocycles. The molecule has 1 aromatic rings. The fourth-order valence-corrected chi connectivity index (χ4v) is 1.73. The highest BCUT2D eigenvalue weighted by atomic mass is 16.2. The van der Waals surface area contributed by atoms with E-state index in [-0.39, 0.29) is 18.5 Å². The van der Waals surface area contributed by atoms with Gasteiger partial charge in [0.15, 0.2) is 0 Å². The smallest absolute Gasteiger partial charge is 0.321 e. The van der Waals surface area contributed by atoms with Gasteiger partial charge in [-0.05, 0) is 25.0 Å². The van der Waals surface area contributed by atoms with Crippen molar-refractivity contribution in [1.29, 1.82) is 0 Å². The molecule has 7 nitrogen and oxygen atoms in total. The summed E-state index contributed by atoms with van der Waals surface area (Å²) >= 11 is 0. The van der Waals surface area contributed by atoms with Crippen LogP contribution in [-0.2, 0) is 4.79 Å². The summed E-state index contributed by atoms with van der Waals surface area (Å²) in [6, 6.07) is 6.64. The van der Waals surface area contributed by atoms with Gasteiger partial charge in [0.1, 0.15) is 0 Å². The van der Waals surface area contributed by atoms with E-state index in [1.165, 1.54) is 7.05 Å². The van der Waals surface area contributed by atoms with Gasteiger partial charge in [0, 0.05) is 18.8 Å². The molecular weight excluding hydrogens is 272 g/mol. The molecule has 0 heterocycles. The van der Waals surface area contributed by atoms with Crippen molar-refractivity contribution in [3.05, 3.63) is 29.8 Å². The molecule has 0 atom stereocenters. The fourth-order valence-electron chi connectivity index (χ4n) is 1.73. The lowest BCUT2D eigenvalue weighted by molar-refractivity contribution is -0.118. The van der Waals surface area contributed by atoms with Crippen LogP contribution in [0.4, 0.5) is 10.5 Å². The van der Waals surface area contributed by atoms with Gasteiger partial charge in [0.25, 0.3) is 5.91 Å². The van der Waals surface area contributed by atoms with Gasteiger partial charge in [-0.25, -0.2) is 4.79 Å². The monoisotopic (exact) mass is 290 g/mol. The molecule has 1 aliphatic carbocycles. The van der Waals surface area contributed by atoms with Crippen LogP contribution >= 0.6 is 0 Å². The van der Waals surface area contributed by atoms with Crippen molar-refractivity contribution in [1.82, 2.24) is 16.0 Å². The minimum atomic E-state index is -0.568. The third-order valence-corrected chi connectivity index (χ3v) is 3.00. The molecule has 1 aliphatic rings. The van der Waals surface area contributed by atoms with Crippen molar-refractivity contribution in [3.63, 3.8) is 0 Å². The van der Waals surface area contributed by atoms with Crippen molar-refractivity contribution in [3.8, 4) is 0 Å². The van der Waals surface area contributed by atoms with E-state index in [2.05, 4.69) is 21.3 Å². The van der Waals surface area contributed by atoms with Gasteiger partial charge in [-0.2, -0.15) is 0 Å². The lowest BCUT2D eigenvalue weighted by Gasteiger charge is -2.11. The predicted octanol–water partition coefficient (Wildman–Crippen LogP) is 0.446. The van der Waals surface area contributed by atoms with E-state index >= 15 is 0 Å². The summed E-state index contributed by atoms with van der Waals surface area (Å²) in [5, 5.41) is 10.2. The summed E-state index contributed by atoms with van der Waals surface area (Å²) in [5.74, 6) is -0.640.